The van der Waals surface area contributed by atoms with Gasteiger partial charge in [-0.25, -0.2) is 0 Å². The Morgan fingerprint density at radius 2 is 2.13 bits per heavy atom. The summed E-state index contributed by atoms with van der Waals surface area (Å²) in [4.78, 5) is 0. The van der Waals surface area contributed by atoms with Crippen LogP contribution in [0.1, 0.15) is 25.3 Å². The first-order valence-corrected chi connectivity index (χ1v) is 5.37. The molecular formula is C14H18O. The molecule has 1 rings (SSSR count). The van der Waals surface area contributed by atoms with E-state index in [9.17, 15) is 0 Å². The minimum atomic E-state index is 0.695. The maximum Gasteiger partial charge on any atom is 0.126 e. The summed E-state index contributed by atoms with van der Waals surface area (Å²) in [6.45, 7) is 6.49. The molecule has 0 spiro atoms. The fourth-order valence-corrected chi connectivity index (χ4v) is 1.25. The summed E-state index contributed by atoms with van der Waals surface area (Å²) in [6.07, 6.45) is 8.02. The van der Waals surface area contributed by atoms with E-state index in [0.717, 1.165) is 24.2 Å². The SMILES string of the molecule is C=CCCOc1ccccc1C=CCC. The van der Waals surface area contributed by atoms with E-state index >= 15 is 0 Å². The van der Waals surface area contributed by atoms with Gasteiger partial charge in [-0.15, -0.1) is 6.58 Å². The summed E-state index contributed by atoms with van der Waals surface area (Å²) in [7, 11) is 0. The Labute approximate surface area is 92.1 Å². The zero-order valence-corrected chi connectivity index (χ0v) is 9.28. The van der Waals surface area contributed by atoms with Crippen LogP contribution in [0.2, 0.25) is 0 Å². The van der Waals surface area contributed by atoms with E-state index in [1.807, 2.05) is 24.3 Å². The predicted molar refractivity (Wildman–Crippen MR) is 66.1 cm³/mol. The minimum absolute atomic E-state index is 0.695. The summed E-state index contributed by atoms with van der Waals surface area (Å²) < 4.78 is 5.65. The number of allylic oxidation sites excluding steroid dienone is 1. The van der Waals surface area contributed by atoms with Gasteiger partial charge in [0.2, 0.25) is 0 Å². The van der Waals surface area contributed by atoms with Crippen LogP contribution in [-0.4, -0.2) is 6.61 Å². The van der Waals surface area contributed by atoms with Gasteiger partial charge in [0.25, 0.3) is 0 Å². The van der Waals surface area contributed by atoms with Crippen molar-refractivity contribution in [2.24, 2.45) is 0 Å². The quantitative estimate of drug-likeness (QED) is 0.499. The first-order valence-electron chi connectivity index (χ1n) is 5.37. The lowest BCUT2D eigenvalue weighted by Crippen LogP contribution is -1.96. The third kappa shape index (κ3) is 4.03. The molecule has 0 atom stereocenters. The van der Waals surface area contributed by atoms with E-state index < -0.39 is 0 Å². The molecule has 80 valence electrons. The number of para-hydroxylation sites is 1. The van der Waals surface area contributed by atoms with Gasteiger partial charge >= 0.3 is 0 Å². The van der Waals surface area contributed by atoms with Crippen molar-refractivity contribution in [1.29, 1.82) is 0 Å². The van der Waals surface area contributed by atoms with Gasteiger partial charge in [-0.1, -0.05) is 43.4 Å². The molecule has 1 aromatic rings. The number of rotatable bonds is 6. The number of hydrogen-bond donors (Lipinski definition) is 0. The summed E-state index contributed by atoms with van der Waals surface area (Å²) in [5.41, 5.74) is 1.14. The molecule has 0 aliphatic heterocycles. The fourth-order valence-electron chi connectivity index (χ4n) is 1.25. The Kier molecular flexibility index (Phi) is 5.31. The Hall–Kier alpha value is -1.50. The van der Waals surface area contributed by atoms with Crippen molar-refractivity contribution < 1.29 is 4.74 Å². The largest absolute Gasteiger partial charge is 0.493 e. The van der Waals surface area contributed by atoms with Crippen molar-refractivity contribution in [3.63, 3.8) is 0 Å². The molecule has 1 nitrogen and oxygen atoms in total. The molecule has 0 saturated carbocycles. The number of hydrogen-bond acceptors (Lipinski definition) is 1. The molecule has 0 saturated heterocycles. The van der Waals surface area contributed by atoms with Gasteiger partial charge in [0, 0.05) is 5.56 Å². The van der Waals surface area contributed by atoms with Crippen LogP contribution in [0.15, 0.2) is 43.0 Å². The van der Waals surface area contributed by atoms with Crippen LogP contribution < -0.4 is 4.74 Å². The van der Waals surface area contributed by atoms with Crippen molar-refractivity contribution in [2.45, 2.75) is 19.8 Å². The van der Waals surface area contributed by atoms with Crippen LogP contribution in [0.3, 0.4) is 0 Å². The Balaban J connectivity index is 2.67. The molecule has 0 fully saturated rings. The highest BCUT2D eigenvalue weighted by Crippen LogP contribution is 2.19. The van der Waals surface area contributed by atoms with Crippen molar-refractivity contribution in [2.75, 3.05) is 6.61 Å². The second-order valence-electron chi connectivity index (χ2n) is 3.27. The summed E-state index contributed by atoms with van der Waals surface area (Å²) >= 11 is 0. The lowest BCUT2D eigenvalue weighted by atomic mass is 10.2. The maximum atomic E-state index is 5.65. The average molecular weight is 202 g/mol. The van der Waals surface area contributed by atoms with Gasteiger partial charge in [0.05, 0.1) is 6.61 Å². The van der Waals surface area contributed by atoms with E-state index in [1.165, 1.54) is 0 Å². The highest BCUT2D eigenvalue weighted by Gasteiger charge is 1.97. The van der Waals surface area contributed by atoms with Gasteiger partial charge < -0.3 is 4.74 Å². The van der Waals surface area contributed by atoms with E-state index in [-0.39, 0.29) is 0 Å². The van der Waals surface area contributed by atoms with Crippen LogP contribution in [0.5, 0.6) is 5.75 Å². The van der Waals surface area contributed by atoms with Gasteiger partial charge in [-0.3, -0.25) is 0 Å². The third-order valence-electron chi connectivity index (χ3n) is 2.03. The average Bonchev–Trinajstić information content (AvgIpc) is 2.28. The molecule has 1 aromatic carbocycles. The Morgan fingerprint density at radius 3 is 2.87 bits per heavy atom. The zero-order chi connectivity index (χ0) is 10.9. The van der Waals surface area contributed by atoms with Crippen molar-refractivity contribution >= 4 is 6.08 Å². The summed E-state index contributed by atoms with van der Waals surface area (Å²) in [5.74, 6) is 0.948. The highest BCUT2D eigenvalue weighted by molar-refractivity contribution is 5.56. The Bertz CT molecular complexity index is 326. The van der Waals surface area contributed by atoms with Crippen molar-refractivity contribution in [3.8, 4) is 5.75 Å². The lowest BCUT2D eigenvalue weighted by Gasteiger charge is -2.07. The third-order valence-corrected chi connectivity index (χ3v) is 2.03. The number of ether oxygens (including phenoxy) is 1. The van der Waals surface area contributed by atoms with Crippen LogP contribution >= 0.6 is 0 Å². The molecule has 0 aromatic heterocycles. The molecular weight excluding hydrogens is 184 g/mol. The molecule has 0 aliphatic rings. The molecule has 0 bridgehead atoms. The summed E-state index contributed by atoms with van der Waals surface area (Å²) in [6, 6.07) is 8.08. The standard InChI is InChI=1S/C14H18O/c1-3-5-9-13-10-7-8-11-14(13)15-12-6-4-2/h4-5,7-11H,2-3,6,12H2,1H3. The topological polar surface area (TPSA) is 9.23 Å². The normalized spacial score (nSPS) is 10.5. The molecule has 1 heteroatoms. The van der Waals surface area contributed by atoms with Crippen LogP contribution in [0, 0.1) is 0 Å². The molecule has 0 aliphatic carbocycles. The van der Waals surface area contributed by atoms with E-state index in [1.54, 1.807) is 0 Å². The molecule has 0 N–H and O–H groups in total. The second-order valence-corrected chi connectivity index (χ2v) is 3.27. The predicted octanol–water partition coefficient (Wildman–Crippen LogP) is 4.06. The molecule has 0 unspecified atom stereocenters. The highest BCUT2D eigenvalue weighted by atomic mass is 16.5. The second kappa shape index (κ2) is 6.88. The van der Waals surface area contributed by atoms with E-state index in [4.69, 9.17) is 4.74 Å². The van der Waals surface area contributed by atoms with Crippen LogP contribution in [0.25, 0.3) is 6.08 Å². The summed E-state index contributed by atoms with van der Waals surface area (Å²) in [5, 5.41) is 0. The minimum Gasteiger partial charge on any atom is -0.493 e. The molecule has 15 heavy (non-hydrogen) atoms. The Morgan fingerprint density at radius 1 is 1.33 bits per heavy atom. The lowest BCUT2D eigenvalue weighted by molar-refractivity contribution is 0.324. The maximum absolute atomic E-state index is 5.65. The van der Waals surface area contributed by atoms with Gasteiger partial charge in [-0.05, 0) is 18.9 Å². The first-order chi connectivity index (χ1) is 7.38. The molecule has 0 amide bonds. The first kappa shape index (κ1) is 11.6. The van der Waals surface area contributed by atoms with Gasteiger partial charge in [-0.2, -0.15) is 0 Å². The van der Waals surface area contributed by atoms with Gasteiger partial charge in [0.15, 0.2) is 0 Å². The van der Waals surface area contributed by atoms with E-state index in [2.05, 4.69) is 31.7 Å². The molecule has 0 radical (unpaired) electrons. The molecule has 0 heterocycles. The smallest absolute Gasteiger partial charge is 0.126 e. The fraction of sp³-hybridized carbons (Fsp3) is 0.286. The zero-order valence-electron chi connectivity index (χ0n) is 9.28. The van der Waals surface area contributed by atoms with Crippen LogP contribution in [-0.2, 0) is 0 Å². The van der Waals surface area contributed by atoms with E-state index in [0.29, 0.717) is 6.61 Å². The van der Waals surface area contributed by atoms with Gasteiger partial charge in [0.1, 0.15) is 5.75 Å². The van der Waals surface area contributed by atoms with Crippen LogP contribution in [0.4, 0.5) is 0 Å². The van der Waals surface area contributed by atoms with Crippen molar-refractivity contribution in [3.05, 3.63) is 48.6 Å². The van der Waals surface area contributed by atoms with Crippen molar-refractivity contribution in [1.82, 2.24) is 0 Å². The monoisotopic (exact) mass is 202 g/mol. The number of benzene rings is 1.